The molecule has 24 heavy (non-hydrogen) atoms. The Morgan fingerprint density at radius 3 is 2.75 bits per heavy atom. The average molecular weight is 340 g/mol. The average Bonchev–Trinajstić information content (AvgIpc) is 3.22. The van der Waals surface area contributed by atoms with E-state index in [9.17, 15) is 9.59 Å². The van der Waals surface area contributed by atoms with Gasteiger partial charge in [-0.2, -0.15) is 0 Å². The van der Waals surface area contributed by atoms with Crippen LogP contribution in [0.5, 0.6) is 0 Å². The van der Waals surface area contributed by atoms with Crippen molar-refractivity contribution in [2.45, 2.75) is 76.3 Å². The van der Waals surface area contributed by atoms with Crippen LogP contribution >= 0.6 is 0 Å². The van der Waals surface area contributed by atoms with Crippen molar-refractivity contribution in [1.29, 1.82) is 0 Å². The fraction of sp³-hybridized carbons (Fsp3) is 0.889. The molecule has 0 N–H and O–H groups in total. The Bertz CT molecular complexity index is 445. The molecule has 1 saturated carbocycles. The van der Waals surface area contributed by atoms with Gasteiger partial charge in [-0.25, -0.2) is 0 Å². The van der Waals surface area contributed by atoms with Crippen LogP contribution in [0.4, 0.5) is 0 Å². The zero-order valence-corrected chi connectivity index (χ0v) is 14.4. The second kappa shape index (κ2) is 7.83. The summed E-state index contributed by atoms with van der Waals surface area (Å²) in [5, 5.41) is 0. The van der Waals surface area contributed by atoms with Gasteiger partial charge in [0.2, 0.25) is 0 Å². The molecule has 0 aromatic rings. The Hall–Kier alpha value is -1.14. The number of unbranched alkanes of at least 4 members (excludes halogenated alkanes) is 2. The number of fused-ring (bicyclic) bond motifs is 1. The van der Waals surface area contributed by atoms with E-state index in [4.69, 9.17) is 18.9 Å². The minimum Gasteiger partial charge on any atom is -0.464 e. The largest absolute Gasteiger partial charge is 0.464 e. The standard InChI is InChI=1S/C18H28O6/c1-2-3-4-6-18(22-8-9-23-18)7-5-13-14-10-17(20)24-16(14)11-15(13)21-12-19/h12-16H,2-11H2,1H3/t13-,14-,15-,16?/m1/s1. The summed E-state index contributed by atoms with van der Waals surface area (Å²) in [7, 11) is 0. The number of ether oxygens (including phenoxy) is 4. The van der Waals surface area contributed by atoms with Crippen LogP contribution in [0, 0.1) is 11.8 Å². The third-order valence-corrected chi connectivity index (χ3v) is 5.72. The number of hydrogen-bond donors (Lipinski definition) is 0. The van der Waals surface area contributed by atoms with E-state index in [1.54, 1.807) is 0 Å². The zero-order chi connectivity index (χ0) is 17.0. The number of hydrogen-bond acceptors (Lipinski definition) is 6. The Morgan fingerprint density at radius 2 is 2.04 bits per heavy atom. The summed E-state index contributed by atoms with van der Waals surface area (Å²) in [6, 6.07) is 0. The number of carbonyl (C=O) groups excluding carboxylic acids is 2. The fourth-order valence-corrected chi connectivity index (χ4v) is 4.53. The highest BCUT2D eigenvalue weighted by molar-refractivity contribution is 5.72. The first-order valence-electron chi connectivity index (χ1n) is 9.24. The highest BCUT2D eigenvalue weighted by atomic mass is 16.7. The molecular weight excluding hydrogens is 312 g/mol. The molecule has 1 unspecified atom stereocenters. The molecule has 136 valence electrons. The summed E-state index contributed by atoms with van der Waals surface area (Å²) in [5.74, 6) is -0.341. The highest BCUT2D eigenvalue weighted by Gasteiger charge is 2.51. The molecule has 1 aliphatic carbocycles. The van der Waals surface area contributed by atoms with Gasteiger partial charge in [0.1, 0.15) is 12.2 Å². The van der Waals surface area contributed by atoms with E-state index in [1.165, 1.54) is 6.42 Å². The minimum atomic E-state index is -0.498. The maximum Gasteiger partial charge on any atom is 0.306 e. The zero-order valence-electron chi connectivity index (χ0n) is 14.4. The van der Waals surface area contributed by atoms with Gasteiger partial charge in [-0.1, -0.05) is 19.8 Å². The lowest BCUT2D eigenvalue weighted by atomic mass is 9.86. The van der Waals surface area contributed by atoms with Crippen molar-refractivity contribution in [1.82, 2.24) is 0 Å². The smallest absolute Gasteiger partial charge is 0.306 e. The van der Waals surface area contributed by atoms with Gasteiger partial charge in [0.05, 0.1) is 19.6 Å². The topological polar surface area (TPSA) is 71.1 Å². The predicted octanol–water partition coefficient (Wildman–Crippen LogP) is 2.58. The van der Waals surface area contributed by atoms with Crippen molar-refractivity contribution < 1.29 is 28.5 Å². The molecule has 2 heterocycles. The molecule has 0 radical (unpaired) electrons. The second-order valence-electron chi connectivity index (χ2n) is 7.17. The molecule has 0 aromatic heterocycles. The first kappa shape index (κ1) is 17.7. The van der Waals surface area contributed by atoms with E-state index in [-0.39, 0.29) is 30.0 Å². The third kappa shape index (κ3) is 3.75. The first-order chi connectivity index (χ1) is 11.7. The fourth-order valence-electron chi connectivity index (χ4n) is 4.53. The monoisotopic (exact) mass is 340 g/mol. The Labute approximate surface area is 143 Å². The Kier molecular flexibility index (Phi) is 5.76. The van der Waals surface area contributed by atoms with Crippen LogP contribution < -0.4 is 0 Å². The van der Waals surface area contributed by atoms with Gasteiger partial charge in [-0.05, 0) is 12.8 Å². The van der Waals surface area contributed by atoms with E-state index in [0.717, 1.165) is 32.1 Å². The normalized spacial score (nSPS) is 34.1. The van der Waals surface area contributed by atoms with Crippen LogP contribution in [0.3, 0.4) is 0 Å². The van der Waals surface area contributed by atoms with Crippen molar-refractivity contribution in [3.05, 3.63) is 0 Å². The predicted molar refractivity (Wildman–Crippen MR) is 85.0 cm³/mol. The SMILES string of the molecule is CCCCCC1(CC[C@H]2[C@H](OC=O)CC3OC(=O)C[C@@H]32)OCCO1. The van der Waals surface area contributed by atoms with Gasteiger partial charge < -0.3 is 18.9 Å². The highest BCUT2D eigenvalue weighted by Crippen LogP contribution is 2.46. The van der Waals surface area contributed by atoms with Crippen molar-refractivity contribution in [3.63, 3.8) is 0 Å². The van der Waals surface area contributed by atoms with Gasteiger partial charge in [-0.3, -0.25) is 9.59 Å². The summed E-state index contributed by atoms with van der Waals surface area (Å²) < 4.78 is 22.5. The molecule has 6 nitrogen and oxygen atoms in total. The molecule has 0 amide bonds. The lowest BCUT2D eigenvalue weighted by molar-refractivity contribution is -0.172. The number of rotatable bonds is 9. The molecule has 0 aromatic carbocycles. The van der Waals surface area contributed by atoms with Crippen molar-refractivity contribution in [2.75, 3.05) is 13.2 Å². The molecule has 3 aliphatic rings. The first-order valence-corrected chi connectivity index (χ1v) is 9.24. The molecule has 0 spiro atoms. The molecular formula is C18H28O6. The van der Waals surface area contributed by atoms with E-state index >= 15 is 0 Å². The van der Waals surface area contributed by atoms with Gasteiger partial charge in [0, 0.05) is 31.1 Å². The number of carbonyl (C=O) groups is 2. The van der Waals surface area contributed by atoms with E-state index in [1.807, 2.05) is 0 Å². The summed E-state index contributed by atoms with van der Waals surface area (Å²) in [6.45, 7) is 3.97. The van der Waals surface area contributed by atoms with Crippen LogP contribution in [0.2, 0.25) is 0 Å². The molecule has 2 saturated heterocycles. The molecule has 0 bridgehead atoms. The third-order valence-electron chi connectivity index (χ3n) is 5.72. The quantitative estimate of drug-likeness (QED) is 0.365. The van der Waals surface area contributed by atoms with Crippen molar-refractivity contribution >= 4 is 12.4 Å². The van der Waals surface area contributed by atoms with E-state index < -0.39 is 5.79 Å². The summed E-state index contributed by atoms with van der Waals surface area (Å²) >= 11 is 0. The molecule has 6 heteroatoms. The maximum atomic E-state index is 11.6. The lowest BCUT2D eigenvalue weighted by Crippen LogP contribution is -2.33. The molecule has 2 aliphatic heterocycles. The number of esters is 1. The van der Waals surface area contributed by atoms with Gasteiger partial charge in [-0.15, -0.1) is 0 Å². The molecule has 3 fully saturated rings. The van der Waals surface area contributed by atoms with Crippen LogP contribution in [0.15, 0.2) is 0 Å². The van der Waals surface area contributed by atoms with E-state index in [0.29, 0.717) is 32.5 Å². The summed E-state index contributed by atoms with van der Waals surface area (Å²) in [4.78, 5) is 22.4. The second-order valence-corrected chi connectivity index (χ2v) is 7.17. The lowest BCUT2D eigenvalue weighted by Gasteiger charge is -2.30. The van der Waals surface area contributed by atoms with E-state index in [2.05, 4.69) is 6.92 Å². The summed E-state index contributed by atoms with van der Waals surface area (Å²) in [6.07, 6.45) is 6.69. The van der Waals surface area contributed by atoms with Gasteiger partial charge >= 0.3 is 5.97 Å². The van der Waals surface area contributed by atoms with Crippen LogP contribution in [-0.4, -0.2) is 43.7 Å². The molecule has 3 rings (SSSR count). The van der Waals surface area contributed by atoms with Crippen molar-refractivity contribution in [3.8, 4) is 0 Å². The Morgan fingerprint density at radius 1 is 1.25 bits per heavy atom. The van der Waals surface area contributed by atoms with Gasteiger partial charge in [0.25, 0.3) is 6.47 Å². The van der Waals surface area contributed by atoms with Gasteiger partial charge in [0.15, 0.2) is 5.79 Å². The molecule has 4 atom stereocenters. The summed E-state index contributed by atoms with van der Waals surface area (Å²) in [5.41, 5.74) is 0. The van der Waals surface area contributed by atoms with Crippen LogP contribution in [0.25, 0.3) is 0 Å². The van der Waals surface area contributed by atoms with Crippen LogP contribution in [-0.2, 0) is 28.5 Å². The van der Waals surface area contributed by atoms with Crippen molar-refractivity contribution in [2.24, 2.45) is 11.8 Å². The van der Waals surface area contributed by atoms with Crippen LogP contribution in [0.1, 0.15) is 58.3 Å². The Balaban J connectivity index is 1.61. The minimum absolute atomic E-state index is 0.103. The maximum absolute atomic E-state index is 11.6.